The molecule has 1 aliphatic heterocycles. The van der Waals surface area contributed by atoms with Crippen molar-refractivity contribution in [2.75, 3.05) is 0 Å². The van der Waals surface area contributed by atoms with Gasteiger partial charge in [-0.25, -0.2) is 4.79 Å². The molecule has 1 aliphatic rings. The molecular formula is C15H17NO4. The quantitative estimate of drug-likeness (QED) is 0.374. The average Bonchev–Trinajstić information content (AvgIpc) is 2.71. The van der Waals surface area contributed by atoms with Crippen molar-refractivity contribution in [1.29, 1.82) is 0 Å². The Kier molecular flexibility index (Phi) is 4.20. The first-order valence-corrected chi connectivity index (χ1v) is 6.48. The number of nitrogens with two attached hydrogens (primary N) is 1. The number of aryl methyl sites for hydroxylation is 1. The number of benzene rings is 1. The van der Waals surface area contributed by atoms with Gasteiger partial charge in [-0.1, -0.05) is 30.3 Å². The van der Waals surface area contributed by atoms with E-state index in [2.05, 4.69) is 0 Å². The molecule has 0 bridgehead atoms. The summed E-state index contributed by atoms with van der Waals surface area (Å²) in [7, 11) is 0. The first-order chi connectivity index (χ1) is 9.50. The average molecular weight is 275 g/mol. The van der Waals surface area contributed by atoms with Crippen LogP contribution in [0.4, 0.5) is 0 Å². The second kappa shape index (κ2) is 5.88. The van der Waals surface area contributed by atoms with E-state index >= 15 is 0 Å². The van der Waals surface area contributed by atoms with Crippen LogP contribution in [0.1, 0.15) is 18.9 Å². The van der Waals surface area contributed by atoms with Crippen molar-refractivity contribution in [2.24, 2.45) is 5.73 Å². The number of aliphatic hydroxyl groups excluding tert-OH is 1. The highest BCUT2D eigenvalue weighted by Crippen LogP contribution is 2.23. The number of carbonyl (C=O) groups excluding carboxylic acids is 2. The summed E-state index contributed by atoms with van der Waals surface area (Å²) in [6.45, 7) is 1.50. The monoisotopic (exact) mass is 275 g/mol. The molecule has 0 aliphatic carbocycles. The highest BCUT2D eigenvalue weighted by molar-refractivity contribution is 6.23. The molecule has 5 heteroatoms. The van der Waals surface area contributed by atoms with Gasteiger partial charge in [0.2, 0.25) is 5.78 Å². The van der Waals surface area contributed by atoms with Gasteiger partial charge in [0.15, 0.2) is 6.10 Å². The SMILES string of the molecule is C[C@H](N)C(O)=C1C(=O)OC(CCc2ccccc2)C1=O. The van der Waals surface area contributed by atoms with Crippen molar-refractivity contribution in [1.82, 2.24) is 0 Å². The van der Waals surface area contributed by atoms with E-state index < -0.39 is 29.7 Å². The molecule has 1 unspecified atom stereocenters. The third-order valence-electron chi connectivity index (χ3n) is 3.22. The smallest absolute Gasteiger partial charge is 0.346 e. The minimum atomic E-state index is -0.835. The molecular weight excluding hydrogens is 258 g/mol. The topological polar surface area (TPSA) is 89.6 Å². The predicted octanol–water partition coefficient (Wildman–Crippen LogP) is 1.27. The highest BCUT2D eigenvalue weighted by Gasteiger charge is 2.41. The largest absolute Gasteiger partial charge is 0.510 e. The van der Waals surface area contributed by atoms with E-state index in [0.717, 1.165) is 5.56 Å². The number of hydrogen-bond donors (Lipinski definition) is 2. The van der Waals surface area contributed by atoms with Crippen LogP contribution in [0.3, 0.4) is 0 Å². The van der Waals surface area contributed by atoms with Crippen LogP contribution in [0, 0.1) is 0 Å². The van der Waals surface area contributed by atoms with E-state index in [9.17, 15) is 14.7 Å². The molecule has 0 aromatic heterocycles. The Hall–Kier alpha value is -2.14. The van der Waals surface area contributed by atoms with Gasteiger partial charge >= 0.3 is 5.97 Å². The molecule has 3 N–H and O–H groups in total. The Balaban J connectivity index is 2.07. The van der Waals surface area contributed by atoms with Gasteiger partial charge in [-0.3, -0.25) is 4.79 Å². The Bertz CT molecular complexity index is 548. The van der Waals surface area contributed by atoms with Crippen LogP contribution in [-0.2, 0) is 20.7 Å². The van der Waals surface area contributed by atoms with Gasteiger partial charge in [0.25, 0.3) is 0 Å². The summed E-state index contributed by atoms with van der Waals surface area (Å²) in [4.78, 5) is 23.7. The summed E-state index contributed by atoms with van der Waals surface area (Å²) < 4.78 is 5.02. The van der Waals surface area contributed by atoms with E-state index in [4.69, 9.17) is 10.5 Å². The van der Waals surface area contributed by atoms with Crippen molar-refractivity contribution in [2.45, 2.75) is 31.9 Å². The zero-order chi connectivity index (χ0) is 14.7. The standard InChI is InChI=1S/C15H17NO4/c1-9(16)13(17)12-14(18)11(20-15(12)19)8-7-10-5-3-2-4-6-10/h2-6,9,11,17H,7-8,16H2,1H3/t9-,11?/m0/s1. The van der Waals surface area contributed by atoms with Crippen LogP contribution in [0.15, 0.2) is 41.7 Å². The molecule has 1 saturated heterocycles. The fourth-order valence-electron chi connectivity index (χ4n) is 2.09. The van der Waals surface area contributed by atoms with Gasteiger partial charge in [-0.2, -0.15) is 0 Å². The van der Waals surface area contributed by atoms with Crippen LogP contribution in [0.25, 0.3) is 0 Å². The minimum absolute atomic E-state index is 0.307. The number of carbonyl (C=O) groups is 2. The number of rotatable bonds is 4. The lowest BCUT2D eigenvalue weighted by Crippen LogP contribution is -2.23. The van der Waals surface area contributed by atoms with Crippen molar-refractivity contribution < 1.29 is 19.4 Å². The Labute approximate surface area is 117 Å². The van der Waals surface area contributed by atoms with E-state index in [1.54, 1.807) is 0 Å². The third kappa shape index (κ3) is 2.88. The Morgan fingerprint density at radius 3 is 2.60 bits per heavy atom. The summed E-state index contributed by atoms with van der Waals surface area (Å²) >= 11 is 0. The molecule has 106 valence electrons. The molecule has 5 nitrogen and oxygen atoms in total. The van der Waals surface area contributed by atoms with Crippen LogP contribution in [-0.4, -0.2) is 29.0 Å². The van der Waals surface area contributed by atoms with Crippen LogP contribution in [0.5, 0.6) is 0 Å². The van der Waals surface area contributed by atoms with E-state index in [1.165, 1.54) is 6.92 Å². The van der Waals surface area contributed by atoms with Crippen LogP contribution in [0.2, 0.25) is 0 Å². The fraction of sp³-hybridized carbons (Fsp3) is 0.333. The molecule has 1 heterocycles. The lowest BCUT2D eigenvalue weighted by Gasteiger charge is -2.07. The molecule has 2 rings (SSSR count). The van der Waals surface area contributed by atoms with Gasteiger partial charge in [0.05, 0.1) is 6.04 Å². The van der Waals surface area contributed by atoms with E-state index in [0.29, 0.717) is 12.8 Å². The predicted molar refractivity (Wildman–Crippen MR) is 73.0 cm³/mol. The van der Waals surface area contributed by atoms with Crippen LogP contribution >= 0.6 is 0 Å². The van der Waals surface area contributed by atoms with E-state index in [-0.39, 0.29) is 5.57 Å². The number of esters is 1. The lowest BCUT2D eigenvalue weighted by molar-refractivity contribution is -0.141. The van der Waals surface area contributed by atoms with Crippen LogP contribution < -0.4 is 5.73 Å². The second-order valence-electron chi connectivity index (χ2n) is 4.83. The second-order valence-corrected chi connectivity index (χ2v) is 4.83. The first-order valence-electron chi connectivity index (χ1n) is 6.48. The minimum Gasteiger partial charge on any atom is -0.510 e. The number of hydrogen-bond acceptors (Lipinski definition) is 5. The number of cyclic esters (lactones) is 1. The van der Waals surface area contributed by atoms with Crippen molar-refractivity contribution >= 4 is 11.8 Å². The van der Waals surface area contributed by atoms with Crippen molar-refractivity contribution in [3.05, 3.63) is 47.2 Å². The number of Topliss-reactive ketones (excluding diaryl/α,β-unsaturated/α-hetero) is 1. The third-order valence-corrected chi connectivity index (χ3v) is 3.22. The van der Waals surface area contributed by atoms with Crippen molar-refractivity contribution in [3.63, 3.8) is 0 Å². The zero-order valence-corrected chi connectivity index (χ0v) is 11.2. The molecule has 0 radical (unpaired) electrons. The van der Waals surface area contributed by atoms with Gasteiger partial charge in [0, 0.05) is 0 Å². The van der Waals surface area contributed by atoms with Gasteiger partial charge in [0.1, 0.15) is 11.3 Å². The molecule has 0 amide bonds. The fourth-order valence-corrected chi connectivity index (χ4v) is 2.09. The molecule has 0 spiro atoms. The number of aliphatic hydroxyl groups is 1. The van der Waals surface area contributed by atoms with Gasteiger partial charge in [-0.05, 0) is 25.3 Å². The van der Waals surface area contributed by atoms with Gasteiger partial charge < -0.3 is 15.6 Å². The summed E-state index contributed by atoms with van der Waals surface area (Å²) in [5.74, 6) is -1.68. The maximum absolute atomic E-state index is 12.1. The van der Waals surface area contributed by atoms with E-state index in [1.807, 2.05) is 30.3 Å². The zero-order valence-electron chi connectivity index (χ0n) is 11.2. The Morgan fingerprint density at radius 1 is 1.35 bits per heavy atom. The molecule has 1 aromatic carbocycles. The Morgan fingerprint density at radius 2 is 2.00 bits per heavy atom. The summed E-state index contributed by atoms with van der Waals surface area (Å²) in [5.41, 5.74) is 6.24. The maximum Gasteiger partial charge on any atom is 0.346 e. The summed E-state index contributed by atoms with van der Waals surface area (Å²) in [6, 6.07) is 8.84. The summed E-state index contributed by atoms with van der Waals surface area (Å²) in [5, 5.41) is 9.70. The summed E-state index contributed by atoms with van der Waals surface area (Å²) in [6.07, 6.45) is 0.180. The maximum atomic E-state index is 12.1. The molecule has 1 fully saturated rings. The molecule has 0 saturated carbocycles. The molecule has 20 heavy (non-hydrogen) atoms. The number of ketones is 1. The molecule has 1 aromatic rings. The van der Waals surface area contributed by atoms with Crippen molar-refractivity contribution in [3.8, 4) is 0 Å². The molecule has 2 atom stereocenters. The lowest BCUT2D eigenvalue weighted by atomic mass is 10.0. The first kappa shape index (κ1) is 14.3. The number of ether oxygens (including phenoxy) is 1. The van der Waals surface area contributed by atoms with Gasteiger partial charge in [-0.15, -0.1) is 0 Å². The highest BCUT2D eigenvalue weighted by atomic mass is 16.6. The normalized spacial score (nSPS) is 22.6.